The molecule has 2 rings (SSSR count). The zero-order valence-electron chi connectivity index (χ0n) is 9.53. The van der Waals surface area contributed by atoms with Crippen molar-refractivity contribution in [3.63, 3.8) is 0 Å². The van der Waals surface area contributed by atoms with E-state index in [1.165, 1.54) is 6.42 Å². The van der Waals surface area contributed by atoms with E-state index in [9.17, 15) is 5.11 Å². The lowest BCUT2D eigenvalue weighted by Gasteiger charge is -2.35. The van der Waals surface area contributed by atoms with E-state index < -0.39 is 5.60 Å². The second-order valence-corrected chi connectivity index (χ2v) is 4.98. The molecule has 1 aromatic heterocycles. The summed E-state index contributed by atoms with van der Waals surface area (Å²) in [6.07, 6.45) is 7.75. The van der Waals surface area contributed by atoms with Gasteiger partial charge in [0.25, 0.3) is 0 Å². The van der Waals surface area contributed by atoms with Gasteiger partial charge in [0.05, 0.1) is 5.60 Å². The lowest BCUT2D eigenvalue weighted by molar-refractivity contribution is -0.0182. The number of aromatic nitrogens is 1. The van der Waals surface area contributed by atoms with E-state index in [4.69, 9.17) is 0 Å². The maximum atomic E-state index is 10.6. The summed E-state index contributed by atoms with van der Waals surface area (Å²) in [5.41, 5.74) is 1.49. The van der Waals surface area contributed by atoms with E-state index in [0.29, 0.717) is 5.92 Å². The monoisotopic (exact) mass is 205 g/mol. The number of nitrogens with zero attached hydrogens (tertiary/aromatic N) is 1. The van der Waals surface area contributed by atoms with E-state index in [0.717, 1.165) is 30.4 Å². The average molecular weight is 205 g/mol. The molecule has 0 saturated heterocycles. The maximum Gasteiger partial charge on any atom is 0.0914 e. The maximum absolute atomic E-state index is 10.6. The van der Waals surface area contributed by atoms with Gasteiger partial charge in [-0.1, -0.05) is 19.4 Å². The Labute approximate surface area is 91.4 Å². The molecule has 2 heteroatoms. The second-order valence-electron chi connectivity index (χ2n) is 4.98. The highest BCUT2D eigenvalue weighted by molar-refractivity contribution is 5.23. The zero-order valence-corrected chi connectivity index (χ0v) is 9.53. The Kier molecular flexibility index (Phi) is 2.79. The Hall–Kier alpha value is -0.890. The van der Waals surface area contributed by atoms with Crippen LogP contribution in [0.1, 0.15) is 43.7 Å². The van der Waals surface area contributed by atoms with Crippen LogP contribution in [0.2, 0.25) is 0 Å². The number of hydrogen-bond donors (Lipinski definition) is 1. The number of aliphatic hydroxyl groups is 1. The van der Waals surface area contributed by atoms with Crippen LogP contribution in [-0.4, -0.2) is 10.1 Å². The summed E-state index contributed by atoms with van der Waals surface area (Å²) in [7, 11) is 0. The average Bonchev–Trinajstić information content (AvgIpc) is 2.17. The van der Waals surface area contributed by atoms with Crippen LogP contribution in [0.4, 0.5) is 0 Å². The number of aryl methyl sites for hydroxylation is 1. The van der Waals surface area contributed by atoms with Crippen molar-refractivity contribution in [2.24, 2.45) is 5.92 Å². The molecule has 15 heavy (non-hydrogen) atoms. The summed E-state index contributed by atoms with van der Waals surface area (Å²) in [4.78, 5) is 4.17. The van der Waals surface area contributed by atoms with Gasteiger partial charge in [0.1, 0.15) is 0 Å². The molecule has 0 bridgehead atoms. The van der Waals surface area contributed by atoms with Crippen LogP contribution in [-0.2, 0) is 5.60 Å². The molecule has 0 spiro atoms. The van der Waals surface area contributed by atoms with E-state index in [2.05, 4.69) is 18.0 Å². The van der Waals surface area contributed by atoms with Crippen molar-refractivity contribution in [3.05, 3.63) is 29.6 Å². The molecule has 1 aliphatic rings. The van der Waals surface area contributed by atoms with Crippen molar-refractivity contribution >= 4 is 0 Å². The minimum absolute atomic E-state index is 0.615. The Morgan fingerprint density at radius 3 is 2.93 bits per heavy atom. The van der Waals surface area contributed by atoms with Crippen LogP contribution in [0, 0.1) is 12.8 Å². The van der Waals surface area contributed by atoms with Crippen LogP contribution in [0.3, 0.4) is 0 Å². The Balaban J connectivity index is 2.28. The fourth-order valence-corrected chi connectivity index (χ4v) is 2.60. The van der Waals surface area contributed by atoms with Crippen molar-refractivity contribution in [1.29, 1.82) is 0 Å². The molecule has 1 aliphatic carbocycles. The number of pyridine rings is 1. The quantitative estimate of drug-likeness (QED) is 0.764. The smallest absolute Gasteiger partial charge is 0.0914 e. The number of rotatable bonds is 1. The summed E-state index contributed by atoms with van der Waals surface area (Å²) in [5.74, 6) is 0.615. The van der Waals surface area contributed by atoms with Crippen molar-refractivity contribution in [3.8, 4) is 0 Å². The standard InChI is InChI=1S/C13H19NO/c1-10-4-3-5-13(15,7-10)12-6-11(2)8-14-9-12/h6,8-10,15H,3-5,7H2,1-2H3. The van der Waals surface area contributed by atoms with Gasteiger partial charge in [-0.05, 0) is 37.7 Å². The van der Waals surface area contributed by atoms with Gasteiger partial charge in [0, 0.05) is 18.0 Å². The Morgan fingerprint density at radius 1 is 1.47 bits per heavy atom. The van der Waals surface area contributed by atoms with Crippen LogP contribution in [0.25, 0.3) is 0 Å². The zero-order chi connectivity index (χ0) is 10.9. The highest BCUT2D eigenvalue weighted by Gasteiger charge is 2.34. The van der Waals surface area contributed by atoms with E-state index in [1.54, 1.807) is 0 Å². The predicted octanol–water partition coefficient (Wildman–Crippen LogP) is 2.79. The fraction of sp³-hybridized carbons (Fsp3) is 0.615. The molecule has 0 aromatic carbocycles. The molecule has 0 aliphatic heterocycles. The first kappa shape index (κ1) is 10.6. The van der Waals surface area contributed by atoms with Gasteiger partial charge < -0.3 is 5.11 Å². The molecular formula is C13H19NO. The normalized spacial score (nSPS) is 31.5. The summed E-state index contributed by atoms with van der Waals surface area (Å²) in [6, 6.07) is 2.06. The molecule has 1 saturated carbocycles. The first-order valence-electron chi connectivity index (χ1n) is 5.75. The molecule has 2 unspecified atom stereocenters. The second kappa shape index (κ2) is 3.93. The topological polar surface area (TPSA) is 33.1 Å². The van der Waals surface area contributed by atoms with E-state index >= 15 is 0 Å². The molecule has 2 nitrogen and oxygen atoms in total. The third-order valence-corrected chi connectivity index (χ3v) is 3.39. The van der Waals surface area contributed by atoms with Crippen molar-refractivity contribution in [2.45, 2.75) is 45.1 Å². The molecule has 0 radical (unpaired) electrons. The van der Waals surface area contributed by atoms with Gasteiger partial charge in [-0.2, -0.15) is 0 Å². The van der Waals surface area contributed by atoms with Gasteiger partial charge in [-0.15, -0.1) is 0 Å². The molecule has 0 amide bonds. The molecule has 1 heterocycles. The third kappa shape index (κ3) is 2.20. The minimum atomic E-state index is -0.628. The molecule has 1 N–H and O–H groups in total. The van der Waals surface area contributed by atoms with Crippen molar-refractivity contribution < 1.29 is 5.11 Å². The lowest BCUT2D eigenvalue weighted by atomic mass is 9.75. The van der Waals surface area contributed by atoms with Crippen LogP contribution >= 0.6 is 0 Å². The minimum Gasteiger partial charge on any atom is -0.385 e. The van der Waals surface area contributed by atoms with E-state index in [-0.39, 0.29) is 0 Å². The summed E-state index contributed by atoms with van der Waals surface area (Å²) < 4.78 is 0. The van der Waals surface area contributed by atoms with Gasteiger partial charge >= 0.3 is 0 Å². The van der Waals surface area contributed by atoms with Gasteiger partial charge in [0.2, 0.25) is 0 Å². The summed E-state index contributed by atoms with van der Waals surface area (Å²) >= 11 is 0. The third-order valence-electron chi connectivity index (χ3n) is 3.39. The number of hydrogen-bond acceptors (Lipinski definition) is 2. The molecule has 82 valence electrons. The van der Waals surface area contributed by atoms with Gasteiger partial charge in [0.15, 0.2) is 0 Å². The predicted molar refractivity (Wildman–Crippen MR) is 60.5 cm³/mol. The van der Waals surface area contributed by atoms with Crippen LogP contribution in [0.15, 0.2) is 18.5 Å². The van der Waals surface area contributed by atoms with E-state index in [1.807, 2.05) is 19.3 Å². The SMILES string of the molecule is Cc1cncc(C2(O)CCCC(C)C2)c1. The van der Waals surface area contributed by atoms with Crippen LogP contribution < -0.4 is 0 Å². The summed E-state index contributed by atoms with van der Waals surface area (Å²) in [5, 5.41) is 10.6. The highest BCUT2D eigenvalue weighted by atomic mass is 16.3. The Morgan fingerprint density at radius 2 is 2.27 bits per heavy atom. The molecule has 1 aromatic rings. The van der Waals surface area contributed by atoms with Crippen LogP contribution in [0.5, 0.6) is 0 Å². The first-order chi connectivity index (χ1) is 7.10. The molecular weight excluding hydrogens is 186 g/mol. The van der Waals surface area contributed by atoms with Crippen molar-refractivity contribution in [2.75, 3.05) is 0 Å². The molecule has 1 fully saturated rings. The highest BCUT2D eigenvalue weighted by Crippen LogP contribution is 2.39. The van der Waals surface area contributed by atoms with Crippen molar-refractivity contribution in [1.82, 2.24) is 4.98 Å². The fourth-order valence-electron chi connectivity index (χ4n) is 2.60. The summed E-state index contributed by atoms with van der Waals surface area (Å²) in [6.45, 7) is 4.24. The van der Waals surface area contributed by atoms with Gasteiger partial charge in [-0.3, -0.25) is 4.98 Å². The lowest BCUT2D eigenvalue weighted by Crippen LogP contribution is -2.32. The van der Waals surface area contributed by atoms with Gasteiger partial charge in [-0.25, -0.2) is 0 Å². The largest absolute Gasteiger partial charge is 0.385 e. The first-order valence-corrected chi connectivity index (χ1v) is 5.75. The Bertz CT molecular complexity index is 350. The molecule has 2 atom stereocenters.